The lowest BCUT2D eigenvalue weighted by Crippen LogP contribution is -2.24. The SMILES string of the molecule is CCCC(C/C=C/C1=C(F)C(C)CC=C1NCc1ccc2nccnc2c1)NC. The van der Waals surface area contributed by atoms with Gasteiger partial charge in [-0.15, -0.1) is 0 Å². The van der Waals surface area contributed by atoms with Crippen molar-refractivity contribution in [2.75, 3.05) is 7.05 Å². The van der Waals surface area contributed by atoms with Crippen molar-refractivity contribution in [3.63, 3.8) is 0 Å². The zero-order valence-corrected chi connectivity index (χ0v) is 17.6. The molecule has 2 unspecified atom stereocenters. The third kappa shape index (κ3) is 5.51. The number of halogens is 1. The van der Waals surface area contributed by atoms with Crippen LogP contribution >= 0.6 is 0 Å². The molecule has 0 aliphatic heterocycles. The Hall–Kier alpha value is -2.53. The molecule has 3 rings (SSSR count). The van der Waals surface area contributed by atoms with Crippen molar-refractivity contribution >= 4 is 11.0 Å². The summed E-state index contributed by atoms with van der Waals surface area (Å²) in [5.41, 5.74) is 4.39. The molecule has 0 bridgehead atoms. The fourth-order valence-electron chi connectivity index (χ4n) is 3.63. The fraction of sp³-hybridized carbons (Fsp3) is 0.417. The molecule has 0 spiro atoms. The molecule has 154 valence electrons. The summed E-state index contributed by atoms with van der Waals surface area (Å²) in [5.74, 6) is -0.112. The monoisotopic (exact) mass is 394 g/mol. The van der Waals surface area contributed by atoms with Gasteiger partial charge in [0.1, 0.15) is 5.83 Å². The second kappa shape index (κ2) is 10.3. The first kappa shape index (κ1) is 21.2. The molecule has 2 N–H and O–H groups in total. The standard InChI is InChI=1S/C24H31FN4/c1-4-6-19(26-3)7-5-8-20-21(11-9-17(2)24(20)25)29-16-18-10-12-22-23(15-18)28-14-13-27-22/h5,8,10-15,17,19,26,29H,4,6-7,9,16H2,1-3H3/b8-5+. The molecule has 0 saturated heterocycles. The molecule has 0 amide bonds. The number of hydrogen-bond acceptors (Lipinski definition) is 4. The average molecular weight is 395 g/mol. The van der Waals surface area contributed by atoms with Crippen molar-refractivity contribution in [1.29, 1.82) is 0 Å². The number of nitrogens with one attached hydrogen (secondary N) is 2. The summed E-state index contributed by atoms with van der Waals surface area (Å²) in [4.78, 5) is 8.67. The van der Waals surface area contributed by atoms with E-state index in [1.54, 1.807) is 12.4 Å². The minimum Gasteiger partial charge on any atom is -0.381 e. The lowest BCUT2D eigenvalue weighted by Gasteiger charge is -2.22. The van der Waals surface area contributed by atoms with Crippen LogP contribution in [0.15, 0.2) is 65.9 Å². The van der Waals surface area contributed by atoms with Crippen LogP contribution in [0.2, 0.25) is 0 Å². The molecule has 1 aliphatic rings. The Morgan fingerprint density at radius 3 is 2.79 bits per heavy atom. The van der Waals surface area contributed by atoms with Crippen molar-refractivity contribution in [1.82, 2.24) is 20.6 Å². The Morgan fingerprint density at radius 1 is 1.24 bits per heavy atom. The number of allylic oxidation sites excluding steroid dienone is 3. The van der Waals surface area contributed by atoms with Gasteiger partial charge in [-0.05, 0) is 44.0 Å². The van der Waals surface area contributed by atoms with E-state index in [1.807, 2.05) is 38.2 Å². The van der Waals surface area contributed by atoms with Gasteiger partial charge < -0.3 is 10.6 Å². The van der Waals surface area contributed by atoms with Gasteiger partial charge in [-0.2, -0.15) is 0 Å². The first-order valence-corrected chi connectivity index (χ1v) is 10.5. The van der Waals surface area contributed by atoms with Gasteiger partial charge in [0.2, 0.25) is 0 Å². The molecule has 0 fully saturated rings. The van der Waals surface area contributed by atoms with Crippen LogP contribution in [-0.4, -0.2) is 23.1 Å². The number of fused-ring (bicyclic) bond motifs is 1. The topological polar surface area (TPSA) is 49.8 Å². The van der Waals surface area contributed by atoms with Gasteiger partial charge in [0.05, 0.1) is 11.0 Å². The maximum Gasteiger partial charge on any atom is 0.112 e. The van der Waals surface area contributed by atoms with E-state index in [1.165, 1.54) is 0 Å². The number of rotatable bonds is 9. The third-order valence-corrected chi connectivity index (χ3v) is 5.42. The molecule has 4 nitrogen and oxygen atoms in total. The normalized spacial score (nSPS) is 18.3. The van der Waals surface area contributed by atoms with Crippen molar-refractivity contribution < 1.29 is 4.39 Å². The van der Waals surface area contributed by atoms with Gasteiger partial charge in [0, 0.05) is 42.2 Å². The van der Waals surface area contributed by atoms with E-state index in [2.05, 4.69) is 39.7 Å². The quantitative estimate of drug-likeness (QED) is 0.614. The first-order chi connectivity index (χ1) is 14.1. The molecule has 1 aromatic heterocycles. The highest BCUT2D eigenvalue weighted by molar-refractivity contribution is 5.74. The van der Waals surface area contributed by atoms with Crippen LogP contribution in [0.3, 0.4) is 0 Å². The van der Waals surface area contributed by atoms with E-state index in [0.29, 0.717) is 24.6 Å². The highest BCUT2D eigenvalue weighted by Gasteiger charge is 2.20. The predicted octanol–water partition coefficient (Wildman–Crippen LogP) is 5.20. The van der Waals surface area contributed by atoms with E-state index >= 15 is 0 Å². The minimum absolute atomic E-state index is 0.0351. The van der Waals surface area contributed by atoms with E-state index in [-0.39, 0.29) is 11.7 Å². The number of nitrogens with zero attached hydrogens (tertiary/aromatic N) is 2. The van der Waals surface area contributed by atoms with Crippen LogP contribution < -0.4 is 10.6 Å². The smallest absolute Gasteiger partial charge is 0.112 e. The Morgan fingerprint density at radius 2 is 2.03 bits per heavy atom. The number of aromatic nitrogens is 2. The highest BCUT2D eigenvalue weighted by Crippen LogP contribution is 2.31. The maximum atomic E-state index is 14.9. The van der Waals surface area contributed by atoms with Gasteiger partial charge in [-0.25, -0.2) is 4.39 Å². The molecule has 0 saturated carbocycles. The van der Waals surface area contributed by atoms with Gasteiger partial charge in [0.25, 0.3) is 0 Å². The van der Waals surface area contributed by atoms with E-state index in [0.717, 1.165) is 41.6 Å². The molecule has 1 aliphatic carbocycles. The molecular weight excluding hydrogens is 363 g/mol. The fourth-order valence-corrected chi connectivity index (χ4v) is 3.63. The van der Waals surface area contributed by atoms with Gasteiger partial charge in [-0.3, -0.25) is 9.97 Å². The molecule has 1 aromatic carbocycles. The molecule has 1 heterocycles. The van der Waals surface area contributed by atoms with Crippen LogP contribution in [-0.2, 0) is 6.54 Å². The van der Waals surface area contributed by atoms with Crippen LogP contribution in [0.25, 0.3) is 11.0 Å². The number of benzene rings is 1. The summed E-state index contributed by atoms with van der Waals surface area (Å²) < 4.78 is 14.9. The lowest BCUT2D eigenvalue weighted by atomic mass is 9.93. The molecule has 5 heteroatoms. The van der Waals surface area contributed by atoms with Crippen molar-refractivity contribution in [2.24, 2.45) is 5.92 Å². The molecular formula is C24H31FN4. The molecule has 0 radical (unpaired) electrons. The Balaban J connectivity index is 1.70. The second-order valence-electron chi connectivity index (χ2n) is 7.66. The van der Waals surface area contributed by atoms with Crippen molar-refractivity contribution in [3.05, 3.63) is 71.5 Å². The van der Waals surface area contributed by atoms with Crippen LogP contribution in [0.1, 0.15) is 45.1 Å². The van der Waals surface area contributed by atoms with Gasteiger partial charge >= 0.3 is 0 Å². The van der Waals surface area contributed by atoms with Gasteiger partial charge in [0.15, 0.2) is 0 Å². The van der Waals surface area contributed by atoms with E-state index in [4.69, 9.17) is 0 Å². The summed E-state index contributed by atoms with van der Waals surface area (Å²) >= 11 is 0. The summed E-state index contributed by atoms with van der Waals surface area (Å²) in [6.45, 7) is 4.74. The highest BCUT2D eigenvalue weighted by atomic mass is 19.1. The Bertz CT molecular complexity index is 916. The number of hydrogen-bond donors (Lipinski definition) is 2. The second-order valence-corrected chi connectivity index (χ2v) is 7.66. The third-order valence-electron chi connectivity index (χ3n) is 5.42. The predicted molar refractivity (Wildman–Crippen MR) is 118 cm³/mol. The maximum absolute atomic E-state index is 14.9. The van der Waals surface area contributed by atoms with Crippen molar-refractivity contribution in [3.8, 4) is 0 Å². The van der Waals surface area contributed by atoms with E-state index in [9.17, 15) is 4.39 Å². The molecule has 2 aromatic rings. The van der Waals surface area contributed by atoms with Gasteiger partial charge in [-0.1, -0.05) is 44.6 Å². The van der Waals surface area contributed by atoms with Crippen LogP contribution in [0, 0.1) is 5.92 Å². The first-order valence-electron chi connectivity index (χ1n) is 10.5. The zero-order valence-electron chi connectivity index (χ0n) is 17.6. The largest absolute Gasteiger partial charge is 0.381 e. The van der Waals surface area contributed by atoms with Crippen molar-refractivity contribution in [2.45, 2.75) is 52.1 Å². The summed E-state index contributed by atoms with van der Waals surface area (Å²) in [6.07, 6.45) is 13.4. The molecule has 2 atom stereocenters. The Kier molecular flexibility index (Phi) is 7.53. The summed E-state index contributed by atoms with van der Waals surface area (Å²) in [5, 5.41) is 6.76. The summed E-state index contributed by atoms with van der Waals surface area (Å²) in [7, 11) is 1.98. The lowest BCUT2D eigenvalue weighted by molar-refractivity contribution is 0.478. The minimum atomic E-state index is -0.0770. The van der Waals surface area contributed by atoms with E-state index < -0.39 is 0 Å². The average Bonchev–Trinajstić information content (AvgIpc) is 2.75. The van der Waals surface area contributed by atoms with Crippen LogP contribution in [0.5, 0.6) is 0 Å². The summed E-state index contributed by atoms with van der Waals surface area (Å²) in [6, 6.07) is 6.46. The van der Waals surface area contributed by atoms with Crippen LogP contribution in [0.4, 0.5) is 4.39 Å². The zero-order chi connectivity index (χ0) is 20.6. The Labute approximate surface area is 173 Å². The molecule has 29 heavy (non-hydrogen) atoms.